The number of hydrogen-bond acceptors (Lipinski definition) is 3. The lowest BCUT2D eigenvalue weighted by Crippen LogP contribution is -2.21. The molecule has 1 saturated carbocycles. The number of benzene rings is 1. The van der Waals surface area contributed by atoms with Crippen molar-refractivity contribution in [3.05, 3.63) is 83.5 Å². The van der Waals surface area contributed by atoms with Crippen LogP contribution in [0.25, 0.3) is 0 Å². The lowest BCUT2D eigenvalue weighted by Gasteiger charge is -2.32. The zero-order valence-electron chi connectivity index (χ0n) is 15.2. The molecular formula is C23H26O3. The molecule has 1 fully saturated rings. The van der Waals surface area contributed by atoms with Crippen LogP contribution >= 0.6 is 0 Å². The summed E-state index contributed by atoms with van der Waals surface area (Å²) >= 11 is 0. The first-order valence-corrected chi connectivity index (χ1v) is 9.29. The van der Waals surface area contributed by atoms with Gasteiger partial charge in [0.1, 0.15) is 6.61 Å². The van der Waals surface area contributed by atoms with Crippen LogP contribution in [0.4, 0.5) is 0 Å². The van der Waals surface area contributed by atoms with Gasteiger partial charge in [-0.25, -0.2) is 4.79 Å². The van der Waals surface area contributed by atoms with Crippen LogP contribution in [-0.4, -0.2) is 17.2 Å². The Morgan fingerprint density at radius 3 is 2.88 bits per heavy atom. The fraction of sp³-hybridized carbons (Fsp3) is 0.348. The highest BCUT2D eigenvalue weighted by molar-refractivity contribution is 5.83. The van der Waals surface area contributed by atoms with Gasteiger partial charge in [0.15, 0.2) is 0 Å². The minimum Gasteiger partial charge on any atom is -0.458 e. The monoisotopic (exact) mass is 350 g/mol. The molecule has 136 valence electrons. The summed E-state index contributed by atoms with van der Waals surface area (Å²) in [5.74, 6) is 0.382. The lowest BCUT2D eigenvalue weighted by molar-refractivity contribution is -0.139. The lowest BCUT2D eigenvalue weighted by atomic mass is 9.73. The molecule has 1 aromatic rings. The Kier molecular flexibility index (Phi) is 6.24. The maximum Gasteiger partial charge on any atom is 0.331 e. The van der Waals surface area contributed by atoms with Gasteiger partial charge in [0.2, 0.25) is 0 Å². The predicted molar refractivity (Wildman–Crippen MR) is 103 cm³/mol. The summed E-state index contributed by atoms with van der Waals surface area (Å²) in [5.41, 5.74) is 3.36. The summed E-state index contributed by atoms with van der Waals surface area (Å²) in [5, 5.41) is 9.72. The van der Waals surface area contributed by atoms with E-state index in [-0.39, 0.29) is 11.9 Å². The van der Waals surface area contributed by atoms with Gasteiger partial charge < -0.3 is 9.84 Å². The molecule has 1 aromatic carbocycles. The van der Waals surface area contributed by atoms with Crippen molar-refractivity contribution in [3.8, 4) is 0 Å². The van der Waals surface area contributed by atoms with Gasteiger partial charge in [0.05, 0.1) is 6.10 Å². The zero-order valence-corrected chi connectivity index (χ0v) is 15.2. The first-order valence-electron chi connectivity index (χ1n) is 9.29. The Morgan fingerprint density at radius 1 is 1.27 bits per heavy atom. The fourth-order valence-electron chi connectivity index (χ4n) is 3.70. The second kappa shape index (κ2) is 8.81. The van der Waals surface area contributed by atoms with Crippen molar-refractivity contribution < 1.29 is 14.6 Å². The van der Waals surface area contributed by atoms with Gasteiger partial charge in [0, 0.05) is 6.08 Å². The molecule has 0 saturated heterocycles. The van der Waals surface area contributed by atoms with E-state index in [1.807, 2.05) is 48.6 Å². The number of carbonyl (C=O) groups excluding carboxylic acids is 1. The van der Waals surface area contributed by atoms with E-state index in [1.54, 1.807) is 12.2 Å². The van der Waals surface area contributed by atoms with E-state index in [2.05, 4.69) is 13.0 Å². The fourth-order valence-corrected chi connectivity index (χ4v) is 3.70. The standard InChI is InChI=1S/C23H26O3/c1-17-20(15-23(25)26-16-18-7-3-2-4-8-18)10-6-12-22(17)19-9-5-11-21(24)14-13-19/h2-5,7-9,11,13-15,17,21-22,24H,6,10,12,16H2,1H3/b20-15+/t17-,21?,22-/m0/s1. The van der Waals surface area contributed by atoms with Gasteiger partial charge >= 0.3 is 5.97 Å². The van der Waals surface area contributed by atoms with Crippen LogP contribution < -0.4 is 0 Å². The van der Waals surface area contributed by atoms with Crippen molar-refractivity contribution in [2.45, 2.75) is 38.9 Å². The molecule has 0 amide bonds. The van der Waals surface area contributed by atoms with E-state index >= 15 is 0 Å². The van der Waals surface area contributed by atoms with Gasteiger partial charge in [0.25, 0.3) is 0 Å². The maximum atomic E-state index is 12.2. The van der Waals surface area contributed by atoms with Crippen LogP contribution in [0.2, 0.25) is 0 Å². The van der Waals surface area contributed by atoms with Crippen molar-refractivity contribution in [1.29, 1.82) is 0 Å². The van der Waals surface area contributed by atoms with Crippen LogP contribution in [0.5, 0.6) is 0 Å². The highest BCUT2D eigenvalue weighted by atomic mass is 16.5. The Balaban J connectivity index is 1.65. The molecule has 2 aliphatic carbocycles. The summed E-state index contributed by atoms with van der Waals surface area (Å²) in [6.45, 7) is 2.48. The second-order valence-corrected chi connectivity index (χ2v) is 7.00. The molecule has 0 aromatic heterocycles. The minimum absolute atomic E-state index is 0.267. The van der Waals surface area contributed by atoms with E-state index in [1.165, 1.54) is 5.57 Å². The van der Waals surface area contributed by atoms with Crippen molar-refractivity contribution in [3.63, 3.8) is 0 Å². The molecule has 0 radical (unpaired) electrons. The number of allylic oxidation sites excluding steroid dienone is 5. The summed E-state index contributed by atoms with van der Waals surface area (Å²) in [6, 6.07) is 9.73. The van der Waals surface area contributed by atoms with Crippen molar-refractivity contribution in [2.75, 3.05) is 0 Å². The van der Waals surface area contributed by atoms with Crippen LogP contribution in [0.3, 0.4) is 0 Å². The third kappa shape index (κ3) is 4.83. The van der Waals surface area contributed by atoms with E-state index in [0.29, 0.717) is 12.5 Å². The Hall–Kier alpha value is -2.39. The normalized spacial score (nSPS) is 27.1. The molecule has 1 N–H and O–H groups in total. The SMILES string of the molecule is C[C@H]1/C(=C/C(=O)OCc2ccccc2)CCC[C@@H]1C1=CC=CC(O)C=C1. The number of esters is 1. The quantitative estimate of drug-likeness (QED) is 0.642. The summed E-state index contributed by atoms with van der Waals surface area (Å²) in [7, 11) is 0. The molecule has 0 aliphatic heterocycles. The van der Waals surface area contributed by atoms with E-state index in [4.69, 9.17) is 4.74 Å². The Morgan fingerprint density at radius 2 is 2.08 bits per heavy atom. The van der Waals surface area contributed by atoms with Gasteiger partial charge in [-0.1, -0.05) is 73.2 Å². The Bertz CT molecular complexity index is 740. The molecule has 0 spiro atoms. The van der Waals surface area contributed by atoms with Crippen LogP contribution in [-0.2, 0) is 16.1 Å². The van der Waals surface area contributed by atoms with Crippen LogP contribution in [0.1, 0.15) is 31.7 Å². The average Bonchev–Trinajstić information content (AvgIpc) is 2.87. The highest BCUT2D eigenvalue weighted by Gasteiger charge is 2.28. The molecule has 2 aliphatic rings. The molecule has 1 unspecified atom stereocenters. The highest BCUT2D eigenvalue weighted by Crippen LogP contribution is 2.39. The first kappa shape index (κ1) is 18.4. The molecule has 3 heteroatoms. The molecule has 26 heavy (non-hydrogen) atoms. The summed E-state index contributed by atoms with van der Waals surface area (Å²) in [6.07, 6.45) is 13.8. The van der Waals surface area contributed by atoms with Crippen molar-refractivity contribution in [2.24, 2.45) is 11.8 Å². The molecule has 3 rings (SSSR count). The van der Waals surface area contributed by atoms with Crippen LogP contribution in [0.15, 0.2) is 77.9 Å². The van der Waals surface area contributed by atoms with Gasteiger partial charge in [-0.15, -0.1) is 0 Å². The third-order valence-corrected chi connectivity index (χ3v) is 5.21. The third-order valence-electron chi connectivity index (χ3n) is 5.21. The molecule has 0 heterocycles. The van der Waals surface area contributed by atoms with Crippen molar-refractivity contribution >= 4 is 5.97 Å². The minimum atomic E-state index is -0.523. The maximum absolute atomic E-state index is 12.2. The summed E-state index contributed by atoms with van der Waals surface area (Å²) in [4.78, 5) is 12.2. The smallest absolute Gasteiger partial charge is 0.331 e. The van der Waals surface area contributed by atoms with Gasteiger partial charge in [-0.2, -0.15) is 0 Å². The molecular weight excluding hydrogens is 324 g/mol. The van der Waals surface area contributed by atoms with Gasteiger partial charge in [-0.05, 0) is 42.2 Å². The average molecular weight is 350 g/mol. The second-order valence-electron chi connectivity index (χ2n) is 7.00. The van der Waals surface area contributed by atoms with E-state index in [0.717, 1.165) is 30.4 Å². The van der Waals surface area contributed by atoms with Crippen LogP contribution in [0, 0.1) is 11.8 Å². The first-order chi connectivity index (χ1) is 12.6. The summed E-state index contributed by atoms with van der Waals surface area (Å²) < 4.78 is 5.41. The zero-order chi connectivity index (χ0) is 18.4. The predicted octanol–water partition coefficient (Wildman–Crippen LogP) is 4.51. The van der Waals surface area contributed by atoms with E-state index < -0.39 is 6.10 Å². The number of aliphatic hydroxyl groups excluding tert-OH is 1. The molecule has 3 atom stereocenters. The number of aliphatic hydroxyl groups is 1. The number of hydrogen-bond donors (Lipinski definition) is 1. The molecule has 3 nitrogen and oxygen atoms in total. The van der Waals surface area contributed by atoms with Crippen molar-refractivity contribution in [1.82, 2.24) is 0 Å². The topological polar surface area (TPSA) is 46.5 Å². The van der Waals surface area contributed by atoms with Gasteiger partial charge in [-0.3, -0.25) is 0 Å². The Labute approximate surface area is 155 Å². The number of ether oxygens (including phenoxy) is 1. The number of carbonyl (C=O) groups is 1. The number of rotatable bonds is 4. The van der Waals surface area contributed by atoms with E-state index in [9.17, 15) is 9.90 Å². The largest absolute Gasteiger partial charge is 0.458 e. The molecule has 0 bridgehead atoms.